The Morgan fingerprint density at radius 3 is 2.50 bits per heavy atom. The average Bonchev–Trinajstić information content (AvgIpc) is 2.71. The maximum absolute atomic E-state index is 11.9. The van der Waals surface area contributed by atoms with Crippen LogP contribution in [0.4, 0.5) is 0 Å². The zero-order chi connectivity index (χ0) is 20.4. The Hall–Kier alpha value is -3.02. The molecule has 0 aromatic heterocycles. The summed E-state index contributed by atoms with van der Waals surface area (Å²) in [4.78, 5) is 11.9. The number of hydrogen-bond donors (Lipinski definition) is 1. The van der Waals surface area contributed by atoms with Crippen molar-refractivity contribution in [3.8, 4) is 17.2 Å². The van der Waals surface area contributed by atoms with E-state index in [1.54, 1.807) is 19.4 Å². The molecule has 28 heavy (non-hydrogen) atoms. The van der Waals surface area contributed by atoms with E-state index in [1.807, 2.05) is 43.3 Å². The highest BCUT2D eigenvalue weighted by Gasteiger charge is 2.05. The van der Waals surface area contributed by atoms with Gasteiger partial charge in [-0.15, -0.1) is 0 Å². The van der Waals surface area contributed by atoms with Crippen LogP contribution in [-0.2, 0) is 4.79 Å². The molecule has 0 aliphatic heterocycles. The first-order valence-electron chi connectivity index (χ1n) is 9.39. The second kappa shape index (κ2) is 11.0. The summed E-state index contributed by atoms with van der Waals surface area (Å²) in [6.45, 7) is 6.82. The third-order valence-electron chi connectivity index (χ3n) is 3.97. The number of carbonyl (C=O) groups is 1. The predicted octanol–water partition coefficient (Wildman–Crippen LogP) is 4.14. The van der Waals surface area contributed by atoms with Gasteiger partial charge in [0.2, 0.25) is 0 Å². The molecule has 0 spiro atoms. The molecule has 0 saturated heterocycles. The largest absolute Gasteiger partial charge is 0.493 e. The third kappa shape index (κ3) is 6.61. The van der Waals surface area contributed by atoms with Crippen LogP contribution in [0.15, 0.2) is 47.6 Å². The fraction of sp³-hybridized carbons (Fsp3) is 0.364. The minimum absolute atomic E-state index is 0.106. The summed E-state index contributed by atoms with van der Waals surface area (Å²) in [6.07, 6.45) is 2.46. The van der Waals surface area contributed by atoms with Gasteiger partial charge in [-0.05, 0) is 53.8 Å². The minimum Gasteiger partial charge on any atom is -0.493 e. The van der Waals surface area contributed by atoms with E-state index in [2.05, 4.69) is 24.4 Å². The molecule has 0 aliphatic rings. The molecule has 0 unspecified atom stereocenters. The second-order valence-corrected chi connectivity index (χ2v) is 6.56. The Bertz CT molecular complexity index is 786. The maximum atomic E-state index is 11.9. The van der Waals surface area contributed by atoms with Crippen molar-refractivity contribution < 1.29 is 19.0 Å². The molecule has 1 amide bonds. The summed E-state index contributed by atoms with van der Waals surface area (Å²) < 4.78 is 16.4. The van der Waals surface area contributed by atoms with Crippen LogP contribution < -0.4 is 19.6 Å². The summed E-state index contributed by atoms with van der Waals surface area (Å²) in [5, 5.41) is 3.96. The smallest absolute Gasteiger partial charge is 0.277 e. The fourth-order valence-corrected chi connectivity index (χ4v) is 2.40. The van der Waals surface area contributed by atoms with Crippen LogP contribution in [0.25, 0.3) is 0 Å². The molecule has 1 N–H and O–H groups in total. The maximum Gasteiger partial charge on any atom is 0.277 e. The average molecular weight is 384 g/mol. The molecule has 6 heteroatoms. The van der Waals surface area contributed by atoms with Crippen LogP contribution in [0, 0.1) is 0 Å². The van der Waals surface area contributed by atoms with Gasteiger partial charge in [-0.2, -0.15) is 5.10 Å². The van der Waals surface area contributed by atoms with Crippen molar-refractivity contribution in [1.82, 2.24) is 5.43 Å². The van der Waals surface area contributed by atoms with E-state index >= 15 is 0 Å². The van der Waals surface area contributed by atoms with E-state index in [1.165, 1.54) is 5.56 Å². The highest BCUT2D eigenvalue weighted by Crippen LogP contribution is 2.27. The highest BCUT2D eigenvalue weighted by molar-refractivity contribution is 5.83. The molecular formula is C22H28N2O4. The summed E-state index contributed by atoms with van der Waals surface area (Å²) in [6, 6.07) is 13.2. The minimum atomic E-state index is -0.334. The highest BCUT2D eigenvalue weighted by atomic mass is 16.5. The van der Waals surface area contributed by atoms with E-state index in [9.17, 15) is 4.79 Å². The third-order valence-corrected chi connectivity index (χ3v) is 3.97. The lowest BCUT2D eigenvalue weighted by atomic mass is 10.0. The van der Waals surface area contributed by atoms with Crippen LogP contribution >= 0.6 is 0 Å². The van der Waals surface area contributed by atoms with Crippen LogP contribution in [0.3, 0.4) is 0 Å². The molecule has 0 radical (unpaired) electrons. The van der Waals surface area contributed by atoms with Crippen molar-refractivity contribution >= 4 is 12.1 Å². The summed E-state index contributed by atoms with van der Waals surface area (Å²) in [7, 11) is 1.59. The molecule has 0 saturated carbocycles. The van der Waals surface area contributed by atoms with Crippen molar-refractivity contribution in [3.05, 3.63) is 53.6 Å². The van der Waals surface area contributed by atoms with Gasteiger partial charge < -0.3 is 14.2 Å². The van der Waals surface area contributed by atoms with Gasteiger partial charge >= 0.3 is 0 Å². The van der Waals surface area contributed by atoms with E-state index in [0.29, 0.717) is 29.8 Å². The SMILES string of the molecule is CCCOc1ccc(/C=N/NC(=O)COc2ccc(C(C)C)cc2)cc1OC. The molecule has 0 heterocycles. The standard InChI is InChI=1S/C22H28N2O4/c1-5-12-27-20-11-6-17(13-21(20)26-4)14-23-24-22(25)15-28-19-9-7-18(8-10-19)16(2)3/h6-11,13-14,16H,5,12,15H2,1-4H3,(H,24,25)/b23-14+. The first-order chi connectivity index (χ1) is 13.5. The van der Waals surface area contributed by atoms with Crippen molar-refractivity contribution in [2.24, 2.45) is 5.10 Å². The Labute approximate surface area is 166 Å². The monoisotopic (exact) mass is 384 g/mol. The van der Waals surface area contributed by atoms with Gasteiger partial charge in [-0.1, -0.05) is 32.9 Å². The summed E-state index contributed by atoms with van der Waals surface area (Å²) in [5.41, 5.74) is 4.46. The van der Waals surface area contributed by atoms with Crippen molar-refractivity contribution in [2.75, 3.05) is 20.3 Å². The number of ether oxygens (including phenoxy) is 3. The van der Waals surface area contributed by atoms with Gasteiger partial charge in [0.1, 0.15) is 5.75 Å². The van der Waals surface area contributed by atoms with Gasteiger partial charge in [0, 0.05) is 0 Å². The predicted molar refractivity (Wildman–Crippen MR) is 111 cm³/mol. The molecule has 2 rings (SSSR count). The number of carbonyl (C=O) groups excluding carboxylic acids is 1. The zero-order valence-corrected chi connectivity index (χ0v) is 16.9. The second-order valence-electron chi connectivity index (χ2n) is 6.56. The van der Waals surface area contributed by atoms with Crippen LogP contribution in [-0.4, -0.2) is 32.4 Å². The molecule has 0 bridgehead atoms. The number of amides is 1. The Kier molecular flexibility index (Phi) is 8.34. The zero-order valence-electron chi connectivity index (χ0n) is 16.9. The van der Waals surface area contributed by atoms with Gasteiger partial charge in [-0.3, -0.25) is 4.79 Å². The molecule has 0 fully saturated rings. The number of hydrogen-bond acceptors (Lipinski definition) is 5. The first-order valence-corrected chi connectivity index (χ1v) is 9.39. The number of methoxy groups -OCH3 is 1. The van der Waals surface area contributed by atoms with Gasteiger partial charge in [0.25, 0.3) is 5.91 Å². The topological polar surface area (TPSA) is 69.2 Å². The van der Waals surface area contributed by atoms with Crippen LogP contribution in [0.5, 0.6) is 17.2 Å². The van der Waals surface area contributed by atoms with Gasteiger partial charge in [0.05, 0.1) is 19.9 Å². The first kappa shape index (κ1) is 21.3. The number of benzene rings is 2. The van der Waals surface area contributed by atoms with E-state index in [0.717, 1.165) is 12.0 Å². The Morgan fingerprint density at radius 2 is 1.86 bits per heavy atom. The van der Waals surface area contributed by atoms with E-state index < -0.39 is 0 Å². The molecule has 150 valence electrons. The molecule has 0 aliphatic carbocycles. The van der Waals surface area contributed by atoms with Crippen molar-refractivity contribution in [2.45, 2.75) is 33.1 Å². The quantitative estimate of drug-likeness (QED) is 0.494. The fourth-order valence-electron chi connectivity index (χ4n) is 2.40. The molecule has 6 nitrogen and oxygen atoms in total. The molecule has 2 aromatic carbocycles. The van der Waals surface area contributed by atoms with Crippen LogP contribution in [0.2, 0.25) is 0 Å². The van der Waals surface area contributed by atoms with E-state index in [-0.39, 0.29) is 12.5 Å². The van der Waals surface area contributed by atoms with Gasteiger partial charge in [0.15, 0.2) is 18.1 Å². The molecular weight excluding hydrogens is 356 g/mol. The lowest BCUT2D eigenvalue weighted by molar-refractivity contribution is -0.123. The van der Waals surface area contributed by atoms with Crippen molar-refractivity contribution in [3.63, 3.8) is 0 Å². The number of rotatable bonds is 10. The Balaban J connectivity index is 1.83. The Morgan fingerprint density at radius 1 is 1.11 bits per heavy atom. The van der Waals surface area contributed by atoms with Gasteiger partial charge in [-0.25, -0.2) is 5.43 Å². The number of hydrazone groups is 1. The van der Waals surface area contributed by atoms with Crippen LogP contribution in [0.1, 0.15) is 44.2 Å². The number of nitrogens with one attached hydrogen (secondary N) is 1. The van der Waals surface area contributed by atoms with E-state index in [4.69, 9.17) is 14.2 Å². The molecule has 0 atom stereocenters. The number of nitrogens with zero attached hydrogens (tertiary/aromatic N) is 1. The summed E-state index contributed by atoms with van der Waals surface area (Å²) in [5.74, 6) is 2.08. The summed E-state index contributed by atoms with van der Waals surface area (Å²) >= 11 is 0. The normalized spacial score (nSPS) is 10.9. The lowest BCUT2D eigenvalue weighted by Crippen LogP contribution is -2.24. The molecule has 2 aromatic rings. The van der Waals surface area contributed by atoms with Crippen molar-refractivity contribution in [1.29, 1.82) is 0 Å². The lowest BCUT2D eigenvalue weighted by Gasteiger charge is -2.10.